The first kappa shape index (κ1) is 48.6. The van der Waals surface area contributed by atoms with Crippen molar-refractivity contribution < 1.29 is 53.1 Å². The molecule has 3 aromatic rings. The number of fused-ring (bicyclic) bond motifs is 2. The lowest BCUT2D eigenvalue weighted by molar-refractivity contribution is -0.255. The Morgan fingerprint density at radius 1 is 0.954 bits per heavy atom. The second-order valence-electron chi connectivity index (χ2n) is 16.5. The second kappa shape index (κ2) is 23.9. The lowest BCUT2D eigenvalue weighted by Gasteiger charge is -2.59. The molecule has 6 rings (SSSR count). The molecule has 0 unspecified atom stereocenters. The van der Waals surface area contributed by atoms with Gasteiger partial charge in [-0.25, -0.2) is 9.59 Å². The van der Waals surface area contributed by atoms with Crippen molar-refractivity contribution in [1.29, 1.82) is 0 Å². The molecule has 65 heavy (non-hydrogen) atoms. The van der Waals surface area contributed by atoms with Crippen molar-refractivity contribution in [3.05, 3.63) is 115 Å². The summed E-state index contributed by atoms with van der Waals surface area (Å²) in [5.41, 5.74) is 3.69. The largest absolute Gasteiger partial charge is 0.497 e. The normalized spacial score (nSPS) is 22.3. The van der Waals surface area contributed by atoms with Gasteiger partial charge in [-0.1, -0.05) is 73.5 Å². The Morgan fingerprint density at radius 3 is 2.43 bits per heavy atom. The molecule has 0 bridgehead atoms. The summed E-state index contributed by atoms with van der Waals surface area (Å²) >= 11 is 0. The number of methoxy groups -OCH3 is 2. The molecule has 350 valence electrons. The van der Waals surface area contributed by atoms with Gasteiger partial charge in [-0.3, -0.25) is 10.2 Å². The third-order valence-corrected chi connectivity index (χ3v) is 12.4. The van der Waals surface area contributed by atoms with E-state index in [-0.39, 0.29) is 63.0 Å². The molecule has 1 heterocycles. The highest BCUT2D eigenvalue weighted by Gasteiger charge is 2.65. The molecule has 6 atom stereocenters. The number of unbranched alkanes of at least 4 members (excludes halogenated alkanes) is 2. The number of benzene rings is 3. The molecule has 3 N–H and O–H groups in total. The molecule has 0 radical (unpaired) electrons. The molecule has 1 saturated carbocycles. The lowest BCUT2D eigenvalue weighted by atomic mass is 9.55. The van der Waals surface area contributed by atoms with Crippen LogP contribution in [-0.4, -0.2) is 92.0 Å². The Kier molecular flexibility index (Phi) is 17.9. The number of hydrogen-bond acceptors (Lipinski definition) is 12. The molecule has 0 spiro atoms. The smallest absolute Gasteiger partial charge is 0.417 e. The molecular formula is C51H65N3O11. The Bertz CT molecular complexity index is 2130. The maximum absolute atomic E-state index is 14.3. The van der Waals surface area contributed by atoms with Gasteiger partial charge in [0.25, 0.3) is 0 Å². The summed E-state index contributed by atoms with van der Waals surface area (Å²) in [6, 6.07) is 19.4. The molecule has 1 fully saturated rings. The van der Waals surface area contributed by atoms with Gasteiger partial charge in [-0.2, -0.15) is 0 Å². The highest BCUT2D eigenvalue weighted by Crippen LogP contribution is 2.62. The van der Waals surface area contributed by atoms with Crippen LogP contribution in [0.2, 0.25) is 0 Å². The van der Waals surface area contributed by atoms with Crippen LogP contribution in [0.3, 0.4) is 0 Å². The third kappa shape index (κ3) is 11.5. The van der Waals surface area contributed by atoms with Crippen LogP contribution in [0.1, 0.15) is 81.8 Å². The van der Waals surface area contributed by atoms with Crippen LogP contribution in [0.5, 0.6) is 23.0 Å². The SMILES string of the molecule is C=CCCOC(=O)N(CCC)[C@H]1CC(=NOCc2ccccc2)C2=C[C@H](CCCCO)[C@@H](CCCCO)[C@@H]3c4cc(OC(=O)Nc5ccc(OC)cc5OC)ccc4O[C@@]1(OCC=C)[C@H]23. The zero-order valence-electron chi connectivity index (χ0n) is 38.0. The molecule has 2 aliphatic carbocycles. The van der Waals surface area contributed by atoms with E-state index >= 15 is 0 Å². The quantitative estimate of drug-likeness (QED) is 0.0445. The Morgan fingerprint density at radius 2 is 1.72 bits per heavy atom. The first-order chi connectivity index (χ1) is 31.7. The molecule has 3 aromatic carbocycles. The van der Waals surface area contributed by atoms with Crippen LogP contribution in [0, 0.1) is 17.8 Å². The first-order valence-corrected chi connectivity index (χ1v) is 22.7. The van der Waals surface area contributed by atoms with Gasteiger partial charge in [-0.05, 0) is 91.8 Å². The van der Waals surface area contributed by atoms with Crippen LogP contribution in [0.4, 0.5) is 15.3 Å². The van der Waals surface area contributed by atoms with Gasteiger partial charge in [-0.15, -0.1) is 13.2 Å². The number of carbonyl (C=O) groups excluding carboxylic acids is 2. The van der Waals surface area contributed by atoms with E-state index in [1.54, 1.807) is 54.5 Å². The maximum Gasteiger partial charge on any atom is 0.417 e. The number of aliphatic hydroxyl groups excluding tert-OH is 2. The van der Waals surface area contributed by atoms with Crippen molar-refractivity contribution in [3.63, 3.8) is 0 Å². The number of nitrogens with zero attached hydrogens (tertiary/aromatic N) is 2. The fraction of sp³-hybridized carbons (Fsp3) is 0.471. The number of amides is 2. The van der Waals surface area contributed by atoms with Crippen molar-refractivity contribution in [3.8, 4) is 23.0 Å². The van der Waals surface area contributed by atoms with Crippen molar-refractivity contribution in [1.82, 2.24) is 4.90 Å². The van der Waals surface area contributed by atoms with E-state index in [0.29, 0.717) is 60.9 Å². The van der Waals surface area contributed by atoms with Crippen molar-refractivity contribution in [2.75, 3.05) is 52.5 Å². The van der Waals surface area contributed by atoms with Gasteiger partial charge in [0.1, 0.15) is 35.6 Å². The number of rotatable bonds is 24. The van der Waals surface area contributed by atoms with Crippen LogP contribution >= 0.6 is 0 Å². The van der Waals surface area contributed by atoms with E-state index in [0.717, 1.165) is 42.4 Å². The summed E-state index contributed by atoms with van der Waals surface area (Å²) in [6.07, 6.45) is 10.0. The molecular weight excluding hydrogens is 831 g/mol. The van der Waals surface area contributed by atoms with Crippen LogP contribution in [0.15, 0.2) is 109 Å². The zero-order valence-corrected chi connectivity index (χ0v) is 38.0. The summed E-state index contributed by atoms with van der Waals surface area (Å²) in [4.78, 5) is 35.8. The first-order valence-electron chi connectivity index (χ1n) is 22.7. The van der Waals surface area contributed by atoms with E-state index < -0.39 is 29.9 Å². The average Bonchev–Trinajstić information content (AvgIpc) is 3.32. The molecule has 14 nitrogen and oxygen atoms in total. The van der Waals surface area contributed by atoms with Crippen molar-refractivity contribution >= 4 is 23.6 Å². The van der Waals surface area contributed by atoms with Crippen LogP contribution in [0.25, 0.3) is 0 Å². The van der Waals surface area contributed by atoms with Gasteiger partial charge in [0.15, 0.2) is 0 Å². The minimum absolute atomic E-state index is 0.00134. The second-order valence-corrected chi connectivity index (χ2v) is 16.5. The maximum atomic E-state index is 14.3. The molecule has 3 aliphatic rings. The zero-order chi connectivity index (χ0) is 46.2. The summed E-state index contributed by atoms with van der Waals surface area (Å²) in [5, 5.41) is 27.6. The lowest BCUT2D eigenvalue weighted by Crippen LogP contribution is -2.70. The van der Waals surface area contributed by atoms with E-state index in [9.17, 15) is 19.8 Å². The molecule has 0 aromatic heterocycles. The number of oxime groups is 1. The fourth-order valence-corrected chi connectivity index (χ4v) is 9.54. The van der Waals surface area contributed by atoms with Crippen molar-refractivity contribution in [2.24, 2.45) is 22.9 Å². The summed E-state index contributed by atoms with van der Waals surface area (Å²) in [6.45, 7) is 10.8. The molecule has 0 saturated heterocycles. The van der Waals surface area contributed by atoms with Crippen LogP contribution < -0.4 is 24.3 Å². The predicted octanol–water partition coefficient (Wildman–Crippen LogP) is 9.57. The van der Waals surface area contributed by atoms with Gasteiger partial charge in [0.2, 0.25) is 5.79 Å². The molecule has 2 amide bonds. The number of carbonyl (C=O) groups is 2. The van der Waals surface area contributed by atoms with Crippen LogP contribution in [-0.2, 0) is 20.9 Å². The number of nitrogens with one attached hydrogen (secondary N) is 1. The van der Waals surface area contributed by atoms with Gasteiger partial charge >= 0.3 is 12.2 Å². The van der Waals surface area contributed by atoms with Gasteiger partial charge in [0.05, 0.1) is 44.8 Å². The predicted molar refractivity (Wildman–Crippen MR) is 249 cm³/mol. The van der Waals surface area contributed by atoms with E-state index in [2.05, 4.69) is 24.6 Å². The number of ether oxygens (including phenoxy) is 6. The minimum atomic E-state index is -1.47. The number of hydrogen-bond donors (Lipinski definition) is 3. The fourth-order valence-electron chi connectivity index (χ4n) is 9.54. The monoisotopic (exact) mass is 895 g/mol. The van der Waals surface area contributed by atoms with Crippen molar-refractivity contribution in [2.45, 2.75) is 89.1 Å². The Labute approximate surface area is 382 Å². The number of anilines is 1. The van der Waals surface area contributed by atoms with Gasteiger partial charge in [0, 0.05) is 43.7 Å². The Balaban J connectivity index is 1.53. The number of aliphatic hydroxyl groups is 2. The van der Waals surface area contributed by atoms with Gasteiger partial charge < -0.3 is 43.5 Å². The average molecular weight is 896 g/mol. The van der Waals surface area contributed by atoms with E-state index in [1.807, 2.05) is 43.3 Å². The summed E-state index contributed by atoms with van der Waals surface area (Å²) in [5.74, 6) is -0.647. The molecule has 1 aliphatic heterocycles. The standard InChI is InChI=1S/C51H65N3O11/c1-6-9-29-61-50(58)54(25-7-2)46-33-43(53-63-34-35-17-11-10-12-18-35)40-30-36(19-13-15-26-55)39(20-14-16-27-56)47-41-31-38(22-24-44(41)65-51(46,48(40)47)62-28-8-3)64-49(57)52-42-23-21-37(59-4)32-45(42)60-5/h6,8,10-12,17-18,21-24,30-32,36,39,46-48,55-56H,1,3,7,9,13-16,19-20,25-29,33-34H2,2,4-5H3,(H,52,57)/t36-,39+,46-,47+,48+,51+/m0/s1. The highest BCUT2D eigenvalue weighted by atomic mass is 16.7. The van der Waals surface area contributed by atoms with E-state index in [1.165, 1.54) is 7.11 Å². The summed E-state index contributed by atoms with van der Waals surface area (Å²) in [7, 11) is 3.05. The third-order valence-electron chi connectivity index (χ3n) is 12.4. The number of allylic oxidation sites excluding steroid dienone is 1. The topological polar surface area (TPSA) is 167 Å². The van der Waals surface area contributed by atoms with E-state index in [4.69, 9.17) is 38.4 Å². The summed E-state index contributed by atoms with van der Waals surface area (Å²) < 4.78 is 37.0. The minimum Gasteiger partial charge on any atom is -0.497 e. The highest BCUT2D eigenvalue weighted by molar-refractivity contribution is 6.03. The Hall–Kier alpha value is -5.83. The molecule has 14 heteroatoms.